The molecule has 86 valence electrons. The number of aliphatic carboxylic acids is 1. The Kier molecular flexibility index (Phi) is 2.92. The molecule has 0 aliphatic carbocycles. The molecule has 1 aliphatic heterocycles. The molecular formula is C8H10F3NO3. The zero-order valence-corrected chi connectivity index (χ0v) is 7.91. The van der Waals surface area contributed by atoms with E-state index >= 15 is 0 Å². The molecule has 1 saturated heterocycles. The lowest BCUT2D eigenvalue weighted by Crippen LogP contribution is -2.41. The summed E-state index contributed by atoms with van der Waals surface area (Å²) in [7, 11) is 0. The lowest BCUT2D eigenvalue weighted by molar-refractivity contribution is -0.161. The molecule has 7 heteroatoms. The number of carboxylic acid groups (broad SMARTS) is 1. The summed E-state index contributed by atoms with van der Waals surface area (Å²) in [4.78, 5) is 22.3. The summed E-state index contributed by atoms with van der Waals surface area (Å²) in [5.74, 6) is -3.03. The van der Waals surface area contributed by atoms with E-state index in [1.165, 1.54) is 6.92 Å². The van der Waals surface area contributed by atoms with E-state index in [2.05, 4.69) is 0 Å². The van der Waals surface area contributed by atoms with Gasteiger partial charge in [0.25, 0.3) is 0 Å². The van der Waals surface area contributed by atoms with Crippen LogP contribution in [0.15, 0.2) is 0 Å². The maximum atomic E-state index is 12.0. The quantitative estimate of drug-likeness (QED) is 0.758. The van der Waals surface area contributed by atoms with E-state index in [1.54, 1.807) is 0 Å². The highest BCUT2D eigenvalue weighted by Crippen LogP contribution is 2.29. The highest BCUT2D eigenvalue weighted by molar-refractivity contribution is 5.86. The third kappa shape index (κ3) is 2.60. The lowest BCUT2D eigenvalue weighted by Gasteiger charge is -2.24. The SMILES string of the molecule is C[C@@H]1[C@@H](C(=O)O)CC(=O)N1CC(F)(F)F. The number of likely N-dealkylation sites (tertiary alicyclic amines) is 1. The van der Waals surface area contributed by atoms with E-state index in [0.717, 1.165) is 0 Å². The average Bonchev–Trinajstić information content (AvgIpc) is 2.29. The van der Waals surface area contributed by atoms with Crippen LogP contribution in [-0.2, 0) is 9.59 Å². The predicted octanol–water partition coefficient (Wildman–Crippen LogP) is 0.870. The van der Waals surface area contributed by atoms with E-state index in [4.69, 9.17) is 5.11 Å². The fourth-order valence-corrected chi connectivity index (χ4v) is 1.64. The molecule has 0 radical (unpaired) electrons. The molecule has 0 bridgehead atoms. The number of carbonyl (C=O) groups excluding carboxylic acids is 1. The van der Waals surface area contributed by atoms with Gasteiger partial charge in [-0.05, 0) is 6.92 Å². The number of carbonyl (C=O) groups is 2. The van der Waals surface area contributed by atoms with Crippen molar-refractivity contribution in [2.24, 2.45) is 5.92 Å². The lowest BCUT2D eigenvalue weighted by atomic mass is 10.0. The Morgan fingerprint density at radius 3 is 2.47 bits per heavy atom. The topological polar surface area (TPSA) is 57.6 Å². The Hall–Kier alpha value is -1.27. The van der Waals surface area contributed by atoms with Gasteiger partial charge in [0.2, 0.25) is 5.91 Å². The third-order valence-electron chi connectivity index (χ3n) is 2.46. The van der Waals surface area contributed by atoms with Crippen LogP contribution in [-0.4, -0.2) is 40.6 Å². The fraction of sp³-hybridized carbons (Fsp3) is 0.750. The minimum absolute atomic E-state index is 0.355. The molecule has 4 nitrogen and oxygen atoms in total. The van der Waals surface area contributed by atoms with Gasteiger partial charge in [0.1, 0.15) is 6.54 Å². The van der Waals surface area contributed by atoms with E-state index in [0.29, 0.717) is 4.90 Å². The molecule has 0 aromatic carbocycles. The van der Waals surface area contributed by atoms with Crippen molar-refractivity contribution >= 4 is 11.9 Å². The van der Waals surface area contributed by atoms with E-state index in [9.17, 15) is 22.8 Å². The summed E-state index contributed by atoms with van der Waals surface area (Å²) >= 11 is 0. The summed E-state index contributed by atoms with van der Waals surface area (Å²) < 4.78 is 36.1. The third-order valence-corrected chi connectivity index (χ3v) is 2.46. The molecule has 1 heterocycles. The van der Waals surface area contributed by atoms with Gasteiger partial charge in [-0.3, -0.25) is 9.59 Å². The number of amides is 1. The molecule has 0 unspecified atom stereocenters. The van der Waals surface area contributed by atoms with Crippen LogP contribution < -0.4 is 0 Å². The first-order chi connectivity index (χ1) is 6.72. The number of alkyl halides is 3. The molecule has 2 atom stereocenters. The maximum absolute atomic E-state index is 12.0. The van der Waals surface area contributed by atoms with Crippen LogP contribution in [0, 0.1) is 5.92 Å². The van der Waals surface area contributed by atoms with Gasteiger partial charge >= 0.3 is 12.1 Å². The van der Waals surface area contributed by atoms with Gasteiger partial charge < -0.3 is 10.0 Å². The summed E-state index contributed by atoms with van der Waals surface area (Å²) in [6.07, 6.45) is -4.84. The van der Waals surface area contributed by atoms with Crippen LogP contribution in [0.25, 0.3) is 0 Å². The largest absolute Gasteiger partial charge is 0.481 e. The Bertz CT molecular complexity index is 289. The zero-order valence-electron chi connectivity index (χ0n) is 7.91. The van der Waals surface area contributed by atoms with Crippen LogP contribution in [0.5, 0.6) is 0 Å². The molecule has 0 aromatic heterocycles. The fourth-order valence-electron chi connectivity index (χ4n) is 1.64. The molecule has 0 saturated carbocycles. The van der Waals surface area contributed by atoms with Gasteiger partial charge in [0.05, 0.1) is 5.92 Å². The monoisotopic (exact) mass is 225 g/mol. The Balaban J connectivity index is 2.75. The van der Waals surface area contributed by atoms with E-state index in [-0.39, 0.29) is 6.42 Å². The van der Waals surface area contributed by atoms with Crippen LogP contribution in [0.4, 0.5) is 13.2 Å². The molecule has 1 N–H and O–H groups in total. The van der Waals surface area contributed by atoms with Crippen LogP contribution in [0.1, 0.15) is 13.3 Å². The van der Waals surface area contributed by atoms with Crippen molar-refractivity contribution in [2.75, 3.05) is 6.54 Å². The van der Waals surface area contributed by atoms with Crippen LogP contribution in [0.2, 0.25) is 0 Å². The van der Waals surface area contributed by atoms with Gasteiger partial charge in [0.15, 0.2) is 0 Å². The van der Waals surface area contributed by atoms with Gasteiger partial charge in [0, 0.05) is 12.5 Å². The smallest absolute Gasteiger partial charge is 0.406 e. The number of hydrogen-bond donors (Lipinski definition) is 1. The molecule has 1 rings (SSSR count). The predicted molar refractivity (Wildman–Crippen MR) is 43.0 cm³/mol. The Morgan fingerprint density at radius 1 is 1.60 bits per heavy atom. The number of rotatable bonds is 2. The number of halogens is 3. The molecule has 0 spiro atoms. The molecule has 1 amide bonds. The van der Waals surface area contributed by atoms with E-state index in [1.807, 2.05) is 0 Å². The summed E-state index contributed by atoms with van der Waals surface area (Å²) in [6.45, 7) is -0.0633. The molecule has 15 heavy (non-hydrogen) atoms. The standard InChI is InChI=1S/C8H10F3NO3/c1-4-5(7(14)15)2-6(13)12(4)3-8(9,10)11/h4-5H,2-3H2,1H3,(H,14,15)/t4-,5+/m1/s1. The summed E-state index contributed by atoms with van der Waals surface area (Å²) in [5.41, 5.74) is 0. The second-order valence-electron chi connectivity index (χ2n) is 3.53. The van der Waals surface area contributed by atoms with Crippen LogP contribution in [0.3, 0.4) is 0 Å². The first-order valence-corrected chi connectivity index (χ1v) is 4.31. The first kappa shape index (κ1) is 11.8. The van der Waals surface area contributed by atoms with Crippen molar-refractivity contribution in [3.8, 4) is 0 Å². The minimum Gasteiger partial charge on any atom is -0.481 e. The van der Waals surface area contributed by atoms with Crippen molar-refractivity contribution in [1.82, 2.24) is 4.90 Å². The van der Waals surface area contributed by atoms with Crippen molar-refractivity contribution in [3.05, 3.63) is 0 Å². The second kappa shape index (κ2) is 3.71. The van der Waals surface area contributed by atoms with E-state index < -0.39 is 36.6 Å². The molecule has 1 fully saturated rings. The Labute approximate surface area is 83.7 Å². The van der Waals surface area contributed by atoms with Crippen molar-refractivity contribution in [1.29, 1.82) is 0 Å². The number of hydrogen-bond acceptors (Lipinski definition) is 2. The zero-order chi connectivity index (χ0) is 11.8. The molecule has 1 aliphatic rings. The highest BCUT2D eigenvalue weighted by Gasteiger charge is 2.45. The van der Waals surface area contributed by atoms with Crippen molar-refractivity contribution < 1.29 is 27.9 Å². The molecule has 0 aromatic rings. The van der Waals surface area contributed by atoms with Gasteiger partial charge in [-0.1, -0.05) is 0 Å². The summed E-state index contributed by atoms with van der Waals surface area (Å²) in [5, 5.41) is 8.66. The van der Waals surface area contributed by atoms with Gasteiger partial charge in [-0.15, -0.1) is 0 Å². The minimum atomic E-state index is -4.49. The normalized spacial score (nSPS) is 27.2. The first-order valence-electron chi connectivity index (χ1n) is 4.31. The van der Waals surface area contributed by atoms with Crippen molar-refractivity contribution in [3.63, 3.8) is 0 Å². The number of carboxylic acids is 1. The van der Waals surface area contributed by atoms with Crippen LogP contribution >= 0.6 is 0 Å². The van der Waals surface area contributed by atoms with Gasteiger partial charge in [-0.2, -0.15) is 13.2 Å². The second-order valence-corrected chi connectivity index (χ2v) is 3.53. The van der Waals surface area contributed by atoms with Crippen molar-refractivity contribution in [2.45, 2.75) is 25.6 Å². The maximum Gasteiger partial charge on any atom is 0.406 e. The Morgan fingerprint density at radius 2 is 2.13 bits per heavy atom. The highest BCUT2D eigenvalue weighted by atomic mass is 19.4. The number of nitrogens with zero attached hydrogens (tertiary/aromatic N) is 1. The van der Waals surface area contributed by atoms with Gasteiger partial charge in [-0.25, -0.2) is 0 Å². The summed E-state index contributed by atoms with van der Waals surface area (Å²) in [6, 6.07) is -0.906. The molecular weight excluding hydrogens is 215 g/mol. The average molecular weight is 225 g/mol.